The molecule has 0 heterocycles. The van der Waals surface area contributed by atoms with E-state index < -0.39 is 12.4 Å². The highest BCUT2D eigenvalue weighted by Gasteiger charge is 2.28. The van der Waals surface area contributed by atoms with Crippen LogP contribution in [-0.4, -0.2) is 37.8 Å². The van der Waals surface area contributed by atoms with Gasteiger partial charge in [0, 0.05) is 0 Å². The van der Waals surface area contributed by atoms with Crippen LogP contribution in [0, 0.1) is 5.92 Å². The Labute approximate surface area is 109 Å². The first-order chi connectivity index (χ1) is 8.67. The molecule has 0 aromatic heterocycles. The van der Waals surface area contributed by atoms with Crippen LogP contribution in [0.2, 0.25) is 0 Å². The molecule has 0 aromatic carbocycles. The Kier molecular flexibility index (Phi) is 7.05. The van der Waals surface area contributed by atoms with Crippen LogP contribution in [0.5, 0.6) is 0 Å². The van der Waals surface area contributed by atoms with Gasteiger partial charge in [-0.2, -0.15) is 0 Å². The van der Waals surface area contributed by atoms with Gasteiger partial charge < -0.3 is 14.6 Å². The van der Waals surface area contributed by atoms with Crippen molar-refractivity contribution in [2.75, 3.05) is 14.2 Å². The number of nitrogens with one attached hydrogen (secondary N) is 1. The van der Waals surface area contributed by atoms with Gasteiger partial charge in [0.05, 0.1) is 7.11 Å². The molecule has 0 spiro atoms. The first kappa shape index (κ1) is 15.2. The molecule has 0 amide bonds. The maximum Gasteiger partial charge on any atom is 0.508 e. The maximum atomic E-state index is 11.3. The van der Waals surface area contributed by atoms with Crippen molar-refractivity contribution in [2.45, 2.75) is 57.3 Å². The molecular weight excluding hydrogens is 234 g/mol. The fraction of sp³-hybridized carbons (Fsp3) is 0.923. The second-order valence-corrected chi connectivity index (χ2v) is 4.90. The summed E-state index contributed by atoms with van der Waals surface area (Å²) in [7, 11) is 3.05. The smallest absolute Gasteiger partial charge is 0.438 e. The van der Waals surface area contributed by atoms with E-state index in [0.29, 0.717) is 6.42 Å². The molecule has 2 N–H and O–H groups in total. The molecule has 1 fully saturated rings. The molecule has 3 atom stereocenters. The van der Waals surface area contributed by atoms with Gasteiger partial charge in [-0.1, -0.05) is 19.3 Å². The number of ether oxygens (including phenoxy) is 2. The number of methoxy groups -OCH3 is 1. The van der Waals surface area contributed by atoms with Gasteiger partial charge in [-0.3, -0.25) is 5.32 Å². The molecule has 106 valence electrons. The zero-order valence-corrected chi connectivity index (χ0v) is 11.4. The third-order valence-electron chi connectivity index (χ3n) is 3.61. The molecule has 18 heavy (non-hydrogen) atoms. The monoisotopic (exact) mass is 259 g/mol. The zero-order chi connectivity index (χ0) is 13.4. The molecule has 1 aliphatic rings. The number of carbonyl (C=O) groups is 1. The second kappa shape index (κ2) is 8.32. The molecule has 0 bridgehead atoms. The lowest BCUT2D eigenvalue weighted by Crippen LogP contribution is -2.35. The molecule has 0 aliphatic heterocycles. The summed E-state index contributed by atoms with van der Waals surface area (Å²) >= 11 is 0. The van der Waals surface area contributed by atoms with Crippen molar-refractivity contribution in [3.8, 4) is 0 Å². The van der Waals surface area contributed by atoms with Crippen molar-refractivity contribution in [3.05, 3.63) is 0 Å². The molecule has 1 rings (SSSR count). The molecule has 0 aromatic rings. The summed E-state index contributed by atoms with van der Waals surface area (Å²) in [6.07, 6.45) is 5.74. The molecule has 0 radical (unpaired) electrons. The van der Waals surface area contributed by atoms with Crippen LogP contribution in [-0.2, 0) is 9.47 Å². The van der Waals surface area contributed by atoms with Crippen molar-refractivity contribution >= 4 is 6.16 Å². The summed E-state index contributed by atoms with van der Waals surface area (Å²) in [6.45, 7) is 0. The number of rotatable bonds is 4. The summed E-state index contributed by atoms with van der Waals surface area (Å²) in [5, 5.41) is 12.5. The normalized spacial score (nSPS) is 26.8. The quantitative estimate of drug-likeness (QED) is 0.597. The average molecular weight is 259 g/mol. The highest BCUT2D eigenvalue weighted by molar-refractivity contribution is 5.59. The van der Waals surface area contributed by atoms with Gasteiger partial charge >= 0.3 is 6.16 Å². The molecular formula is C13H25NO4. The van der Waals surface area contributed by atoms with Gasteiger partial charge in [0.15, 0.2) is 0 Å². The fourth-order valence-electron chi connectivity index (χ4n) is 2.53. The third-order valence-corrected chi connectivity index (χ3v) is 3.61. The second-order valence-electron chi connectivity index (χ2n) is 4.90. The lowest BCUT2D eigenvalue weighted by atomic mass is 9.86. The van der Waals surface area contributed by atoms with Crippen LogP contribution < -0.4 is 5.32 Å². The summed E-state index contributed by atoms with van der Waals surface area (Å²) in [6, 6.07) is 0. The predicted molar refractivity (Wildman–Crippen MR) is 68.2 cm³/mol. The largest absolute Gasteiger partial charge is 0.508 e. The van der Waals surface area contributed by atoms with Crippen molar-refractivity contribution in [2.24, 2.45) is 5.92 Å². The first-order valence-corrected chi connectivity index (χ1v) is 6.77. The predicted octanol–water partition coefficient (Wildman–Crippen LogP) is 2.04. The number of aliphatic hydroxyl groups is 1. The molecule has 1 aliphatic carbocycles. The Hall–Kier alpha value is -0.810. The minimum absolute atomic E-state index is 0.138. The Morgan fingerprint density at radius 3 is 2.61 bits per heavy atom. The van der Waals surface area contributed by atoms with E-state index in [2.05, 4.69) is 10.1 Å². The van der Waals surface area contributed by atoms with Crippen LogP contribution in [0.15, 0.2) is 0 Å². The van der Waals surface area contributed by atoms with Gasteiger partial charge in [0.1, 0.15) is 12.3 Å². The third kappa shape index (κ3) is 5.23. The van der Waals surface area contributed by atoms with Crippen LogP contribution in [0.25, 0.3) is 0 Å². The SMILES string of the molecule is CNC(O)C[C@@H]1CCCCCCC1OC(=O)OC. The summed E-state index contributed by atoms with van der Waals surface area (Å²) < 4.78 is 9.90. The number of hydrogen-bond acceptors (Lipinski definition) is 5. The Morgan fingerprint density at radius 2 is 2.00 bits per heavy atom. The van der Waals surface area contributed by atoms with Crippen LogP contribution >= 0.6 is 0 Å². The average Bonchev–Trinajstić information content (AvgIpc) is 2.36. The Bertz CT molecular complexity index is 247. The standard InChI is InChI=1S/C13H25NO4/c1-14-12(15)9-10-7-5-3-4-6-8-11(10)18-13(16)17-2/h10-12,14-15H,3-9H2,1-2H3/t10-,11?,12?/m0/s1. The van der Waals surface area contributed by atoms with E-state index in [9.17, 15) is 9.90 Å². The van der Waals surface area contributed by atoms with E-state index in [0.717, 1.165) is 25.7 Å². The van der Waals surface area contributed by atoms with Crippen molar-refractivity contribution in [3.63, 3.8) is 0 Å². The zero-order valence-electron chi connectivity index (χ0n) is 11.4. The maximum absolute atomic E-state index is 11.3. The lowest BCUT2D eigenvalue weighted by molar-refractivity contribution is -0.0123. The molecule has 2 unspecified atom stereocenters. The summed E-state index contributed by atoms with van der Waals surface area (Å²) in [5.41, 5.74) is 0. The van der Waals surface area contributed by atoms with Gasteiger partial charge in [0.2, 0.25) is 0 Å². The van der Waals surface area contributed by atoms with E-state index in [-0.39, 0.29) is 12.0 Å². The Balaban J connectivity index is 2.59. The minimum atomic E-state index is -0.621. The Morgan fingerprint density at radius 1 is 1.33 bits per heavy atom. The van der Waals surface area contributed by atoms with Crippen molar-refractivity contribution in [1.82, 2.24) is 5.32 Å². The fourth-order valence-corrected chi connectivity index (χ4v) is 2.53. The number of carbonyl (C=O) groups excluding carboxylic acids is 1. The molecule has 5 nitrogen and oxygen atoms in total. The van der Waals surface area contributed by atoms with E-state index in [1.165, 1.54) is 20.0 Å². The topological polar surface area (TPSA) is 67.8 Å². The van der Waals surface area contributed by atoms with Crippen molar-refractivity contribution < 1.29 is 19.4 Å². The first-order valence-electron chi connectivity index (χ1n) is 6.77. The van der Waals surface area contributed by atoms with Gasteiger partial charge in [0.25, 0.3) is 0 Å². The molecule has 5 heteroatoms. The van der Waals surface area contributed by atoms with Gasteiger partial charge in [-0.05, 0) is 38.6 Å². The van der Waals surface area contributed by atoms with Crippen LogP contribution in [0.1, 0.15) is 44.9 Å². The van der Waals surface area contributed by atoms with Gasteiger partial charge in [-0.15, -0.1) is 0 Å². The highest BCUT2D eigenvalue weighted by Crippen LogP contribution is 2.28. The summed E-state index contributed by atoms with van der Waals surface area (Å²) in [4.78, 5) is 11.3. The number of hydrogen-bond donors (Lipinski definition) is 2. The molecule has 0 saturated heterocycles. The van der Waals surface area contributed by atoms with Crippen LogP contribution in [0.3, 0.4) is 0 Å². The summed E-state index contributed by atoms with van der Waals surface area (Å²) in [5.74, 6) is 0.201. The van der Waals surface area contributed by atoms with E-state index in [1.54, 1.807) is 7.05 Å². The lowest BCUT2D eigenvalue weighted by Gasteiger charge is -2.29. The minimum Gasteiger partial charge on any atom is -0.438 e. The van der Waals surface area contributed by atoms with E-state index in [4.69, 9.17) is 4.74 Å². The number of aliphatic hydroxyl groups excluding tert-OH is 1. The van der Waals surface area contributed by atoms with Crippen molar-refractivity contribution in [1.29, 1.82) is 0 Å². The van der Waals surface area contributed by atoms with E-state index in [1.807, 2.05) is 0 Å². The van der Waals surface area contributed by atoms with Crippen LogP contribution in [0.4, 0.5) is 4.79 Å². The van der Waals surface area contributed by atoms with E-state index >= 15 is 0 Å². The highest BCUT2D eigenvalue weighted by atomic mass is 16.7. The van der Waals surface area contributed by atoms with Gasteiger partial charge in [-0.25, -0.2) is 4.79 Å². The molecule has 1 saturated carbocycles.